The lowest BCUT2D eigenvalue weighted by molar-refractivity contribution is 0.0607. The van der Waals surface area contributed by atoms with E-state index in [9.17, 15) is 14.4 Å². The number of carbonyl (C=O) groups is 2. The van der Waals surface area contributed by atoms with Crippen molar-refractivity contribution in [3.05, 3.63) is 43.4 Å². The largest absolute Gasteiger partial charge is 0.465 e. The molecule has 1 amide bonds. The molecule has 3 aromatic heterocycles. The molecule has 0 radical (unpaired) electrons. The van der Waals surface area contributed by atoms with Gasteiger partial charge in [0.2, 0.25) is 0 Å². The Morgan fingerprint density at radius 3 is 2.80 bits per heavy atom. The lowest BCUT2D eigenvalue weighted by atomic mass is 10.2. The van der Waals surface area contributed by atoms with E-state index in [0.717, 1.165) is 11.3 Å². The van der Waals surface area contributed by atoms with Gasteiger partial charge in [-0.05, 0) is 30.9 Å². The number of rotatable bonds is 4. The average Bonchev–Trinajstić information content (AvgIpc) is 3.19. The molecule has 1 N–H and O–H groups in total. The van der Waals surface area contributed by atoms with Crippen molar-refractivity contribution < 1.29 is 14.3 Å². The summed E-state index contributed by atoms with van der Waals surface area (Å²) in [6, 6.07) is 1.64. The van der Waals surface area contributed by atoms with E-state index in [-0.39, 0.29) is 11.5 Å². The number of esters is 1. The fourth-order valence-electron chi connectivity index (χ4n) is 2.44. The van der Waals surface area contributed by atoms with Gasteiger partial charge >= 0.3 is 5.97 Å². The third-order valence-electron chi connectivity index (χ3n) is 3.75. The number of nitrogens with one attached hydrogen (secondary N) is 1. The molecule has 3 rings (SSSR count). The summed E-state index contributed by atoms with van der Waals surface area (Å²) in [6.07, 6.45) is 1.48. The molecule has 0 unspecified atom stereocenters. The molecular formula is C16H15N3O4S2. The van der Waals surface area contributed by atoms with Crippen LogP contribution in [0.2, 0.25) is 0 Å². The molecule has 3 aromatic rings. The number of nitrogens with zero attached hydrogens (tertiary/aromatic N) is 2. The summed E-state index contributed by atoms with van der Waals surface area (Å²) in [5.41, 5.74) is 0.816. The Morgan fingerprint density at radius 1 is 1.36 bits per heavy atom. The highest BCUT2D eigenvalue weighted by molar-refractivity contribution is 7.20. The van der Waals surface area contributed by atoms with Crippen LogP contribution in [0.4, 0.5) is 5.69 Å². The van der Waals surface area contributed by atoms with Crippen LogP contribution in [0.5, 0.6) is 0 Å². The number of aryl methyl sites for hydroxylation is 2. The molecule has 3 heterocycles. The molecule has 0 atom stereocenters. The highest BCUT2D eigenvalue weighted by atomic mass is 32.1. The first kappa shape index (κ1) is 17.3. The van der Waals surface area contributed by atoms with Crippen LogP contribution >= 0.6 is 22.7 Å². The second-order valence-corrected chi connectivity index (χ2v) is 7.10. The highest BCUT2D eigenvalue weighted by Gasteiger charge is 2.22. The standard InChI is InChI=1S/C16H15N3O4S2/c1-4-19-7-17-14-10(15(19)21)8(2)11(25-14)13(20)18-9-5-6-24-12(9)16(22)23-3/h5-7H,4H2,1-3H3,(H,18,20). The first-order valence-corrected chi connectivity index (χ1v) is 9.13. The molecule has 0 aliphatic heterocycles. The number of methoxy groups -OCH3 is 1. The van der Waals surface area contributed by atoms with E-state index in [1.807, 2.05) is 6.92 Å². The summed E-state index contributed by atoms with van der Waals surface area (Å²) < 4.78 is 6.20. The lowest BCUT2D eigenvalue weighted by Crippen LogP contribution is -2.19. The Morgan fingerprint density at radius 2 is 2.12 bits per heavy atom. The van der Waals surface area contributed by atoms with Gasteiger partial charge in [0.15, 0.2) is 0 Å². The molecule has 9 heteroatoms. The van der Waals surface area contributed by atoms with E-state index < -0.39 is 5.97 Å². The first-order chi connectivity index (χ1) is 12.0. The number of hydrogen-bond donors (Lipinski definition) is 1. The van der Waals surface area contributed by atoms with Gasteiger partial charge in [-0.3, -0.25) is 14.2 Å². The smallest absolute Gasteiger partial charge is 0.350 e. The van der Waals surface area contributed by atoms with E-state index in [0.29, 0.717) is 37.8 Å². The fraction of sp³-hybridized carbons (Fsp3) is 0.250. The van der Waals surface area contributed by atoms with Gasteiger partial charge in [0.25, 0.3) is 11.5 Å². The predicted octanol–water partition coefficient (Wildman–Crippen LogP) is 2.89. The van der Waals surface area contributed by atoms with Crippen LogP contribution in [-0.4, -0.2) is 28.5 Å². The number of amides is 1. The molecule has 0 aliphatic rings. The van der Waals surface area contributed by atoms with Gasteiger partial charge in [-0.2, -0.15) is 0 Å². The maximum absolute atomic E-state index is 12.6. The zero-order valence-corrected chi connectivity index (χ0v) is 15.4. The second-order valence-electron chi connectivity index (χ2n) is 5.18. The quantitative estimate of drug-likeness (QED) is 0.706. The van der Waals surface area contributed by atoms with E-state index in [4.69, 9.17) is 4.74 Å². The van der Waals surface area contributed by atoms with E-state index in [1.165, 1.54) is 29.3 Å². The molecule has 0 bridgehead atoms. The Labute approximate surface area is 150 Å². The molecule has 0 fully saturated rings. The molecule has 0 aromatic carbocycles. The normalized spacial score (nSPS) is 10.8. The summed E-state index contributed by atoms with van der Waals surface area (Å²) in [5.74, 6) is -0.891. The summed E-state index contributed by atoms with van der Waals surface area (Å²) >= 11 is 2.34. The lowest BCUT2D eigenvalue weighted by Gasteiger charge is -2.05. The van der Waals surface area contributed by atoms with Crippen LogP contribution < -0.4 is 10.9 Å². The van der Waals surface area contributed by atoms with Crippen LogP contribution in [0.15, 0.2) is 22.6 Å². The van der Waals surface area contributed by atoms with Crippen LogP contribution in [-0.2, 0) is 11.3 Å². The Bertz CT molecular complexity index is 1030. The van der Waals surface area contributed by atoms with Gasteiger partial charge in [-0.15, -0.1) is 22.7 Å². The van der Waals surface area contributed by atoms with Crippen molar-refractivity contribution in [1.29, 1.82) is 0 Å². The van der Waals surface area contributed by atoms with Gasteiger partial charge in [-0.1, -0.05) is 0 Å². The summed E-state index contributed by atoms with van der Waals surface area (Å²) in [5, 5.41) is 4.87. The predicted molar refractivity (Wildman–Crippen MR) is 97.9 cm³/mol. The number of ether oxygens (including phenoxy) is 1. The second kappa shape index (κ2) is 6.77. The number of thiophene rings is 2. The minimum atomic E-state index is -0.508. The summed E-state index contributed by atoms with van der Waals surface area (Å²) in [4.78, 5) is 42.3. The molecular weight excluding hydrogens is 362 g/mol. The monoisotopic (exact) mass is 377 g/mol. The van der Waals surface area contributed by atoms with E-state index in [2.05, 4.69) is 10.3 Å². The molecule has 0 saturated carbocycles. The van der Waals surface area contributed by atoms with Crippen LogP contribution in [0, 0.1) is 6.92 Å². The number of hydrogen-bond acceptors (Lipinski definition) is 7. The average molecular weight is 377 g/mol. The van der Waals surface area contributed by atoms with E-state index in [1.54, 1.807) is 18.4 Å². The third-order valence-corrected chi connectivity index (χ3v) is 5.84. The molecule has 0 aliphatic carbocycles. The van der Waals surface area contributed by atoms with Crippen molar-refractivity contribution in [3.63, 3.8) is 0 Å². The van der Waals surface area contributed by atoms with Gasteiger partial charge in [-0.25, -0.2) is 9.78 Å². The molecule has 7 nitrogen and oxygen atoms in total. The van der Waals surface area contributed by atoms with Crippen molar-refractivity contribution in [2.24, 2.45) is 0 Å². The van der Waals surface area contributed by atoms with Crippen molar-refractivity contribution >= 4 is 50.5 Å². The van der Waals surface area contributed by atoms with Crippen molar-refractivity contribution in [2.75, 3.05) is 12.4 Å². The number of anilines is 1. The minimum Gasteiger partial charge on any atom is -0.465 e. The van der Waals surface area contributed by atoms with Crippen molar-refractivity contribution in [1.82, 2.24) is 9.55 Å². The zero-order valence-electron chi connectivity index (χ0n) is 13.8. The SMILES string of the molecule is CCn1cnc2sc(C(=O)Nc3ccsc3C(=O)OC)c(C)c2c1=O. The van der Waals surface area contributed by atoms with Crippen molar-refractivity contribution in [3.8, 4) is 0 Å². The molecule has 25 heavy (non-hydrogen) atoms. The molecule has 130 valence electrons. The van der Waals surface area contributed by atoms with Crippen molar-refractivity contribution in [2.45, 2.75) is 20.4 Å². The summed E-state index contributed by atoms with van der Waals surface area (Å²) in [7, 11) is 1.29. The van der Waals surface area contributed by atoms with Crippen LogP contribution in [0.3, 0.4) is 0 Å². The molecule has 0 saturated heterocycles. The van der Waals surface area contributed by atoms with Gasteiger partial charge < -0.3 is 10.1 Å². The van der Waals surface area contributed by atoms with Gasteiger partial charge in [0.05, 0.1) is 29.4 Å². The van der Waals surface area contributed by atoms with Gasteiger partial charge in [0, 0.05) is 6.54 Å². The summed E-state index contributed by atoms with van der Waals surface area (Å²) in [6.45, 7) is 4.09. The zero-order chi connectivity index (χ0) is 18.1. The Hall–Kier alpha value is -2.52. The maximum atomic E-state index is 12.6. The molecule has 0 spiro atoms. The number of aromatic nitrogens is 2. The third kappa shape index (κ3) is 2.96. The van der Waals surface area contributed by atoms with Crippen LogP contribution in [0.25, 0.3) is 10.2 Å². The topological polar surface area (TPSA) is 90.3 Å². The van der Waals surface area contributed by atoms with Gasteiger partial charge in [0.1, 0.15) is 9.71 Å². The fourth-order valence-corrected chi connectivity index (χ4v) is 4.24. The first-order valence-electron chi connectivity index (χ1n) is 7.43. The number of carbonyl (C=O) groups excluding carboxylic acids is 2. The Kier molecular flexibility index (Phi) is 4.69. The minimum absolute atomic E-state index is 0.161. The highest BCUT2D eigenvalue weighted by Crippen LogP contribution is 2.29. The van der Waals surface area contributed by atoms with Crippen LogP contribution in [0.1, 0.15) is 31.8 Å². The Balaban J connectivity index is 2.00. The number of fused-ring (bicyclic) bond motifs is 1. The van der Waals surface area contributed by atoms with E-state index >= 15 is 0 Å². The maximum Gasteiger partial charge on any atom is 0.350 e.